The Morgan fingerprint density at radius 2 is 1.90 bits per heavy atom. The summed E-state index contributed by atoms with van der Waals surface area (Å²) in [6, 6.07) is 8.66. The Bertz CT molecular complexity index is 933. The summed E-state index contributed by atoms with van der Waals surface area (Å²) in [7, 11) is 0. The average molecular weight is 447 g/mol. The highest BCUT2D eigenvalue weighted by Crippen LogP contribution is 2.41. The number of rotatable bonds is 5. The second kappa shape index (κ2) is 10.2. The van der Waals surface area contributed by atoms with E-state index in [-0.39, 0.29) is 34.7 Å². The number of nitrogens with zero attached hydrogens (tertiary/aromatic N) is 2. The zero-order valence-corrected chi connectivity index (χ0v) is 17.9. The van der Waals surface area contributed by atoms with Gasteiger partial charge >= 0.3 is 0 Å². The summed E-state index contributed by atoms with van der Waals surface area (Å²) in [4.78, 5) is 35.3. The summed E-state index contributed by atoms with van der Waals surface area (Å²) in [6.07, 6.45) is 3.00. The zero-order valence-electron chi connectivity index (χ0n) is 16.3. The van der Waals surface area contributed by atoms with Crippen LogP contribution in [0.25, 0.3) is 0 Å². The highest BCUT2D eigenvalue weighted by molar-refractivity contribution is 7.80. The van der Waals surface area contributed by atoms with Gasteiger partial charge < -0.3 is 5.32 Å². The van der Waals surface area contributed by atoms with Crippen LogP contribution < -0.4 is 21.5 Å². The molecule has 0 bridgehead atoms. The van der Waals surface area contributed by atoms with Crippen LogP contribution in [0, 0.1) is 5.92 Å². The van der Waals surface area contributed by atoms with Crippen molar-refractivity contribution in [3.8, 4) is 0 Å². The Labute approximate surface area is 183 Å². The molecule has 2 aromatic rings. The Morgan fingerprint density at radius 1 is 1.13 bits per heavy atom. The number of thiocarbonyl (C=S) groups is 1. The van der Waals surface area contributed by atoms with Crippen molar-refractivity contribution < 1.29 is 14.4 Å². The standard InChI is InChI=1S/C19H22N6O3S2/c1-11(26)20-19-25-23-17(30-19)14-8-7-12(9-14)10-15(27)22-24-18(29)21-16(28)13-5-3-2-4-6-13/h2-6,12,14H,7-10H2,1H3,(H,22,27)(H,20,25,26)(H2,21,24,28,29)/t12-,14+/m1/s1. The molecule has 1 aliphatic rings. The quantitative estimate of drug-likeness (QED) is 0.409. The Morgan fingerprint density at radius 3 is 2.63 bits per heavy atom. The van der Waals surface area contributed by atoms with Crippen LogP contribution in [0.1, 0.15) is 53.9 Å². The molecule has 3 rings (SSSR count). The monoisotopic (exact) mass is 446 g/mol. The largest absolute Gasteiger partial charge is 0.301 e. The minimum atomic E-state index is -0.350. The number of hydrogen-bond acceptors (Lipinski definition) is 7. The van der Waals surface area contributed by atoms with Crippen molar-refractivity contribution >= 4 is 51.5 Å². The van der Waals surface area contributed by atoms with Crippen molar-refractivity contribution in [1.82, 2.24) is 26.4 Å². The fraction of sp³-hybridized carbons (Fsp3) is 0.368. The summed E-state index contributed by atoms with van der Waals surface area (Å²) in [5, 5.41) is 14.7. The lowest BCUT2D eigenvalue weighted by molar-refractivity contribution is -0.122. The van der Waals surface area contributed by atoms with Gasteiger partial charge in [0.05, 0.1) is 0 Å². The van der Waals surface area contributed by atoms with Gasteiger partial charge in [-0.25, -0.2) is 0 Å². The molecule has 0 radical (unpaired) electrons. The molecule has 0 spiro atoms. The van der Waals surface area contributed by atoms with Crippen LogP contribution in [-0.4, -0.2) is 33.0 Å². The van der Waals surface area contributed by atoms with Crippen LogP contribution in [0.2, 0.25) is 0 Å². The number of aromatic nitrogens is 2. The molecule has 11 heteroatoms. The van der Waals surface area contributed by atoms with Gasteiger partial charge in [0.1, 0.15) is 5.01 Å². The molecule has 0 saturated heterocycles. The van der Waals surface area contributed by atoms with Crippen molar-refractivity contribution in [2.24, 2.45) is 5.92 Å². The Hall–Kier alpha value is -2.92. The molecule has 1 aromatic heterocycles. The van der Waals surface area contributed by atoms with E-state index >= 15 is 0 Å². The van der Waals surface area contributed by atoms with Gasteiger partial charge in [-0.15, -0.1) is 10.2 Å². The maximum absolute atomic E-state index is 12.2. The van der Waals surface area contributed by atoms with Gasteiger partial charge in [0.25, 0.3) is 5.91 Å². The lowest BCUT2D eigenvalue weighted by atomic mass is 10.0. The second-order valence-electron chi connectivity index (χ2n) is 7.03. The number of hydrazine groups is 1. The summed E-state index contributed by atoms with van der Waals surface area (Å²) < 4.78 is 0. The maximum atomic E-state index is 12.2. The highest BCUT2D eigenvalue weighted by atomic mass is 32.1. The van der Waals surface area contributed by atoms with Gasteiger partial charge in [-0.3, -0.25) is 30.6 Å². The summed E-state index contributed by atoms with van der Waals surface area (Å²) in [5.41, 5.74) is 5.56. The topological polar surface area (TPSA) is 125 Å². The molecule has 3 amide bonds. The van der Waals surface area contributed by atoms with Crippen molar-refractivity contribution in [2.75, 3.05) is 5.32 Å². The number of benzene rings is 1. The molecular formula is C19H22N6O3S2. The second-order valence-corrected chi connectivity index (χ2v) is 8.45. The predicted octanol–water partition coefficient (Wildman–Crippen LogP) is 2.11. The number of hydrogen-bond donors (Lipinski definition) is 4. The first kappa shape index (κ1) is 21.8. The van der Waals surface area contributed by atoms with E-state index in [1.165, 1.54) is 18.3 Å². The van der Waals surface area contributed by atoms with Gasteiger partial charge in [-0.05, 0) is 49.5 Å². The molecule has 0 unspecified atom stereocenters. The summed E-state index contributed by atoms with van der Waals surface area (Å²) in [6.45, 7) is 1.43. The molecular weight excluding hydrogens is 424 g/mol. The minimum absolute atomic E-state index is 0.0286. The smallest absolute Gasteiger partial charge is 0.257 e. The fourth-order valence-electron chi connectivity index (χ4n) is 3.32. The Kier molecular flexibility index (Phi) is 7.41. The molecule has 1 saturated carbocycles. The van der Waals surface area contributed by atoms with E-state index in [0.29, 0.717) is 17.1 Å². The summed E-state index contributed by atoms with van der Waals surface area (Å²) >= 11 is 6.42. The van der Waals surface area contributed by atoms with Gasteiger partial charge in [-0.1, -0.05) is 29.5 Å². The molecule has 1 fully saturated rings. The molecule has 2 atom stereocenters. The van der Waals surface area contributed by atoms with Crippen LogP contribution in [0.3, 0.4) is 0 Å². The first-order valence-electron chi connectivity index (χ1n) is 9.47. The zero-order chi connectivity index (χ0) is 21.5. The molecule has 4 N–H and O–H groups in total. The highest BCUT2D eigenvalue weighted by Gasteiger charge is 2.30. The molecule has 1 heterocycles. The van der Waals surface area contributed by atoms with Crippen molar-refractivity contribution in [1.29, 1.82) is 0 Å². The molecule has 158 valence electrons. The van der Waals surface area contributed by atoms with E-state index in [0.717, 1.165) is 24.3 Å². The van der Waals surface area contributed by atoms with Gasteiger partial charge in [0.2, 0.25) is 16.9 Å². The molecule has 1 aliphatic carbocycles. The third-order valence-corrected chi connectivity index (χ3v) is 5.87. The average Bonchev–Trinajstić information content (AvgIpc) is 3.36. The van der Waals surface area contributed by atoms with Crippen molar-refractivity contribution in [3.63, 3.8) is 0 Å². The van der Waals surface area contributed by atoms with E-state index in [1.807, 2.05) is 6.07 Å². The van der Waals surface area contributed by atoms with E-state index < -0.39 is 0 Å². The van der Waals surface area contributed by atoms with Gasteiger partial charge in [0, 0.05) is 24.8 Å². The molecule has 30 heavy (non-hydrogen) atoms. The molecule has 1 aromatic carbocycles. The lowest BCUT2D eigenvalue weighted by Crippen LogP contribution is -2.48. The Balaban J connectivity index is 1.39. The normalized spacial score (nSPS) is 17.8. The summed E-state index contributed by atoms with van der Waals surface area (Å²) in [5.74, 6) is -0.270. The van der Waals surface area contributed by atoms with Crippen molar-refractivity contribution in [3.05, 3.63) is 40.9 Å². The van der Waals surface area contributed by atoms with E-state index in [9.17, 15) is 14.4 Å². The van der Waals surface area contributed by atoms with Crippen LogP contribution in [0.4, 0.5) is 5.13 Å². The van der Waals surface area contributed by atoms with Gasteiger partial charge in [-0.2, -0.15) is 0 Å². The van der Waals surface area contributed by atoms with E-state index in [1.54, 1.807) is 24.3 Å². The van der Waals surface area contributed by atoms with Crippen LogP contribution in [0.15, 0.2) is 30.3 Å². The number of carbonyl (C=O) groups is 3. The molecule has 0 aliphatic heterocycles. The van der Waals surface area contributed by atoms with Crippen LogP contribution in [-0.2, 0) is 9.59 Å². The van der Waals surface area contributed by atoms with Gasteiger partial charge in [0.15, 0.2) is 5.11 Å². The predicted molar refractivity (Wildman–Crippen MR) is 117 cm³/mol. The maximum Gasteiger partial charge on any atom is 0.257 e. The number of carbonyl (C=O) groups excluding carboxylic acids is 3. The number of amides is 3. The van der Waals surface area contributed by atoms with Crippen molar-refractivity contribution in [2.45, 2.75) is 38.5 Å². The van der Waals surface area contributed by atoms with E-state index in [2.05, 4.69) is 31.7 Å². The third-order valence-electron chi connectivity index (χ3n) is 4.67. The number of anilines is 1. The van der Waals surface area contributed by atoms with Crippen LogP contribution in [0.5, 0.6) is 0 Å². The van der Waals surface area contributed by atoms with Crippen LogP contribution >= 0.6 is 23.6 Å². The number of nitrogens with one attached hydrogen (secondary N) is 4. The molecule has 9 nitrogen and oxygen atoms in total. The van der Waals surface area contributed by atoms with E-state index in [4.69, 9.17) is 12.2 Å². The third kappa shape index (κ3) is 6.29. The lowest BCUT2D eigenvalue weighted by Gasteiger charge is -2.13. The first-order chi connectivity index (χ1) is 14.4. The SMILES string of the molecule is CC(=O)Nc1nnc([C@H]2CC[C@@H](CC(=O)NNC(=S)NC(=O)c3ccccc3)C2)s1. The first-order valence-corrected chi connectivity index (χ1v) is 10.7. The fourth-order valence-corrected chi connectivity index (χ4v) is 4.40. The minimum Gasteiger partial charge on any atom is -0.301 e.